The van der Waals surface area contributed by atoms with Crippen molar-refractivity contribution in [1.29, 1.82) is 0 Å². The zero-order valence-corrected chi connectivity index (χ0v) is 22.4. The normalized spacial score (nSPS) is 37.3. The van der Waals surface area contributed by atoms with E-state index >= 15 is 0 Å². The van der Waals surface area contributed by atoms with Crippen molar-refractivity contribution in [3.63, 3.8) is 0 Å². The van der Waals surface area contributed by atoms with Gasteiger partial charge in [0.25, 0.3) is 0 Å². The molecule has 0 amide bonds. The summed E-state index contributed by atoms with van der Waals surface area (Å²) in [7, 11) is 0. The van der Waals surface area contributed by atoms with Crippen LogP contribution in [0.15, 0.2) is 34.4 Å². The fraction of sp³-hybridized carbons (Fsp3) is 0.774. The Morgan fingerprint density at radius 1 is 1.15 bits per heavy atom. The molecular weight excluding hydrogens is 404 g/mol. The summed E-state index contributed by atoms with van der Waals surface area (Å²) in [6.45, 7) is 16.1. The van der Waals surface area contributed by atoms with Crippen molar-refractivity contribution in [2.75, 3.05) is 0 Å². The van der Waals surface area contributed by atoms with Crippen LogP contribution < -0.4 is 0 Å². The highest BCUT2D eigenvalue weighted by molar-refractivity contribution is 5.66. The first-order chi connectivity index (χ1) is 15.6. The van der Waals surface area contributed by atoms with Crippen LogP contribution in [0.1, 0.15) is 113 Å². The molecule has 2 nitrogen and oxygen atoms in total. The second-order valence-electron chi connectivity index (χ2n) is 12.5. The Labute approximate surface area is 203 Å². The first-order valence-electron chi connectivity index (χ1n) is 13.9. The van der Waals surface area contributed by atoms with Gasteiger partial charge in [0.2, 0.25) is 0 Å². The Hall–Kier alpha value is -1.31. The lowest BCUT2D eigenvalue weighted by atomic mass is 9.51. The molecule has 1 saturated carbocycles. The Morgan fingerprint density at radius 3 is 2.58 bits per heavy atom. The minimum absolute atomic E-state index is 0.112. The first-order valence-corrected chi connectivity index (χ1v) is 13.9. The maximum Gasteiger partial charge on any atom is 0.302 e. The fourth-order valence-electron chi connectivity index (χ4n) is 8.42. The Bertz CT molecular complexity index is 858. The summed E-state index contributed by atoms with van der Waals surface area (Å²) in [4.78, 5) is 11.5. The third kappa shape index (κ3) is 4.41. The highest BCUT2D eigenvalue weighted by Gasteiger charge is 2.53. The van der Waals surface area contributed by atoms with E-state index in [0.29, 0.717) is 22.7 Å². The van der Waals surface area contributed by atoms with Crippen LogP contribution in [0.2, 0.25) is 0 Å². The van der Waals surface area contributed by atoms with Crippen molar-refractivity contribution >= 4 is 5.97 Å². The van der Waals surface area contributed by atoms with Gasteiger partial charge in [-0.05, 0) is 117 Å². The molecule has 4 aliphatic rings. The Kier molecular flexibility index (Phi) is 7.05. The maximum atomic E-state index is 11.5. The average molecular weight is 453 g/mol. The monoisotopic (exact) mass is 452 g/mol. The molecule has 0 N–H and O–H groups in total. The lowest BCUT2D eigenvalue weighted by molar-refractivity contribution is -0.150. The van der Waals surface area contributed by atoms with Crippen molar-refractivity contribution in [3.05, 3.63) is 34.4 Å². The maximum absolute atomic E-state index is 11.5. The first kappa shape index (κ1) is 24.8. The molecule has 0 radical (unpaired) electrons. The molecule has 4 rings (SSSR count). The van der Waals surface area contributed by atoms with E-state index in [4.69, 9.17) is 4.74 Å². The molecule has 0 spiro atoms. The van der Waals surface area contributed by atoms with Gasteiger partial charge >= 0.3 is 5.97 Å². The van der Waals surface area contributed by atoms with Crippen LogP contribution >= 0.6 is 0 Å². The number of hydrogen-bond donors (Lipinski definition) is 0. The number of esters is 1. The number of ether oxygens (including phenoxy) is 1. The molecular formula is C31H48O2. The second kappa shape index (κ2) is 9.38. The lowest BCUT2D eigenvalue weighted by Gasteiger charge is -2.54. The van der Waals surface area contributed by atoms with Crippen LogP contribution in [0.3, 0.4) is 0 Å². The van der Waals surface area contributed by atoms with E-state index < -0.39 is 0 Å². The summed E-state index contributed by atoms with van der Waals surface area (Å²) in [5.41, 5.74) is 7.57. The summed E-state index contributed by atoms with van der Waals surface area (Å²) in [5, 5.41) is 0. The summed E-state index contributed by atoms with van der Waals surface area (Å²) in [6, 6.07) is 0. The van der Waals surface area contributed by atoms with Gasteiger partial charge < -0.3 is 4.74 Å². The molecule has 1 fully saturated rings. The highest BCUT2D eigenvalue weighted by atomic mass is 16.5. The standard InChI is InChI=1S/C31H48O2/c1-8-23(20(2)3)10-9-21(4)27-13-14-28-26-12-11-24-19-25(33-22(5)32)15-17-30(24,6)29(26)16-18-31(27,28)7/h8,14,20-21,24-25,27H,9-13,15-19H2,1-7H3/b23-8-/t21-,24+,25+,27-,30+,31-/m1/s1. The van der Waals surface area contributed by atoms with Crippen LogP contribution in [0, 0.1) is 34.5 Å². The van der Waals surface area contributed by atoms with Crippen molar-refractivity contribution < 1.29 is 9.53 Å². The molecule has 0 aromatic carbocycles. The van der Waals surface area contributed by atoms with Crippen molar-refractivity contribution in [1.82, 2.24) is 0 Å². The molecule has 184 valence electrons. The van der Waals surface area contributed by atoms with Gasteiger partial charge in [0.05, 0.1) is 0 Å². The Morgan fingerprint density at radius 2 is 1.91 bits per heavy atom. The number of rotatable bonds is 6. The van der Waals surface area contributed by atoms with Crippen LogP contribution in [0.5, 0.6) is 0 Å². The van der Waals surface area contributed by atoms with E-state index in [0.717, 1.165) is 24.7 Å². The number of allylic oxidation sites excluding steroid dienone is 6. The summed E-state index contributed by atoms with van der Waals surface area (Å²) in [6.07, 6.45) is 17.4. The van der Waals surface area contributed by atoms with Crippen molar-refractivity contribution in [2.24, 2.45) is 34.5 Å². The van der Waals surface area contributed by atoms with Crippen LogP contribution in [0.25, 0.3) is 0 Å². The molecule has 0 aromatic rings. The molecule has 6 atom stereocenters. The van der Waals surface area contributed by atoms with E-state index in [1.165, 1.54) is 51.4 Å². The van der Waals surface area contributed by atoms with Crippen molar-refractivity contribution in [3.8, 4) is 0 Å². The molecule has 0 bridgehead atoms. The van der Waals surface area contributed by atoms with Gasteiger partial charge in [0.1, 0.15) is 6.10 Å². The quantitative estimate of drug-likeness (QED) is 0.298. The van der Waals surface area contributed by atoms with Gasteiger partial charge in [-0.1, -0.05) is 57.9 Å². The summed E-state index contributed by atoms with van der Waals surface area (Å²) < 4.78 is 5.64. The Balaban J connectivity index is 1.50. The van der Waals surface area contributed by atoms with Crippen LogP contribution in [-0.2, 0) is 9.53 Å². The predicted molar refractivity (Wildman–Crippen MR) is 138 cm³/mol. The lowest BCUT2D eigenvalue weighted by Crippen LogP contribution is -2.44. The molecule has 0 saturated heterocycles. The minimum Gasteiger partial charge on any atom is -0.463 e. The predicted octanol–water partition coefficient (Wildman–Crippen LogP) is 8.58. The summed E-state index contributed by atoms with van der Waals surface area (Å²) in [5.74, 6) is 2.79. The van der Waals surface area contributed by atoms with E-state index in [-0.39, 0.29) is 12.1 Å². The largest absolute Gasteiger partial charge is 0.463 e. The zero-order chi connectivity index (χ0) is 24.0. The van der Waals surface area contributed by atoms with Crippen molar-refractivity contribution in [2.45, 2.75) is 119 Å². The van der Waals surface area contributed by atoms with Gasteiger partial charge in [-0.25, -0.2) is 0 Å². The molecule has 2 heteroatoms. The third-order valence-corrected chi connectivity index (χ3v) is 10.5. The number of carbonyl (C=O) groups excluding carboxylic acids is 1. The van der Waals surface area contributed by atoms with Gasteiger partial charge in [-0.15, -0.1) is 0 Å². The average Bonchev–Trinajstić information content (AvgIpc) is 3.11. The van der Waals surface area contributed by atoms with E-state index in [1.807, 2.05) is 0 Å². The number of carbonyl (C=O) groups is 1. The topological polar surface area (TPSA) is 26.3 Å². The van der Waals surface area contributed by atoms with Gasteiger partial charge in [0, 0.05) is 6.92 Å². The third-order valence-electron chi connectivity index (χ3n) is 10.5. The fourth-order valence-corrected chi connectivity index (χ4v) is 8.42. The number of hydrogen-bond acceptors (Lipinski definition) is 2. The van der Waals surface area contributed by atoms with Gasteiger partial charge in [0.15, 0.2) is 0 Å². The molecule has 0 heterocycles. The number of fused-ring (bicyclic) bond motifs is 4. The summed E-state index contributed by atoms with van der Waals surface area (Å²) >= 11 is 0. The molecule has 0 unspecified atom stereocenters. The highest BCUT2D eigenvalue weighted by Crippen LogP contribution is 2.64. The molecule has 0 aliphatic heterocycles. The minimum atomic E-state index is -0.112. The smallest absolute Gasteiger partial charge is 0.302 e. The SMILES string of the molecule is C/C=C(/CC[C@@H](C)[C@H]1CC=C2C3=C(CC[C@@]21C)[C@@]1(C)CC[C@H](OC(C)=O)C[C@@H]1CC3)C(C)C. The van der Waals surface area contributed by atoms with Gasteiger partial charge in [-0.3, -0.25) is 4.79 Å². The second-order valence-corrected chi connectivity index (χ2v) is 12.5. The van der Waals surface area contributed by atoms with E-state index in [2.05, 4.69) is 53.7 Å². The van der Waals surface area contributed by atoms with E-state index in [9.17, 15) is 4.79 Å². The van der Waals surface area contributed by atoms with Crippen LogP contribution in [-0.4, -0.2) is 12.1 Å². The molecule has 33 heavy (non-hydrogen) atoms. The molecule has 4 aliphatic carbocycles. The van der Waals surface area contributed by atoms with Crippen LogP contribution in [0.4, 0.5) is 0 Å². The van der Waals surface area contributed by atoms with E-state index in [1.54, 1.807) is 29.2 Å². The van der Waals surface area contributed by atoms with Gasteiger partial charge in [-0.2, -0.15) is 0 Å². The molecule has 0 aromatic heterocycles. The zero-order valence-electron chi connectivity index (χ0n) is 22.4.